The van der Waals surface area contributed by atoms with E-state index in [-0.39, 0.29) is 0 Å². The van der Waals surface area contributed by atoms with Crippen LogP contribution in [0.4, 0.5) is 0 Å². The van der Waals surface area contributed by atoms with Crippen LogP contribution in [-0.4, -0.2) is 42.3 Å². The van der Waals surface area contributed by atoms with Crippen LogP contribution in [0, 0.1) is 6.92 Å². The Balaban J connectivity index is 1.33. The molecule has 1 aromatic heterocycles. The Bertz CT molecular complexity index is 1250. The lowest BCUT2D eigenvalue weighted by Crippen LogP contribution is -2.29. The van der Waals surface area contributed by atoms with Crippen molar-refractivity contribution >= 4 is 10.9 Å². The van der Waals surface area contributed by atoms with Gasteiger partial charge in [-0.3, -0.25) is 4.90 Å². The van der Waals surface area contributed by atoms with Gasteiger partial charge in [0, 0.05) is 24.0 Å². The minimum atomic E-state index is 0.677. The lowest BCUT2D eigenvalue weighted by atomic mass is 10.1. The van der Waals surface area contributed by atoms with Crippen LogP contribution in [0.1, 0.15) is 43.7 Å². The van der Waals surface area contributed by atoms with E-state index < -0.39 is 0 Å². The molecule has 0 saturated carbocycles. The van der Waals surface area contributed by atoms with Gasteiger partial charge in [0.2, 0.25) is 0 Å². The maximum Gasteiger partial charge on any atom is 0.119 e. The third-order valence-electron chi connectivity index (χ3n) is 7.30. The fraction of sp³-hybridized carbons (Fsp3) is 0.375. The molecule has 4 aromatic rings. The van der Waals surface area contributed by atoms with Gasteiger partial charge in [0.1, 0.15) is 18.1 Å². The van der Waals surface area contributed by atoms with E-state index in [0.29, 0.717) is 6.61 Å². The summed E-state index contributed by atoms with van der Waals surface area (Å²) >= 11 is 0. The summed E-state index contributed by atoms with van der Waals surface area (Å²) in [4.78, 5) is 2.54. The van der Waals surface area contributed by atoms with Gasteiger partial charge in [0.25, 0.3) is 0 Å². The molecule has 0 aliphatic carbocycles. The number of hydrogen-bond donors (Lipinski definition) is 0. The van der Waals surface area contributed by atoms with Crippen LogP contribution in [0.2, 0.25) is 0 Å². The number of rotatable bonds is 9. The van der Waals surface area contributed by atoms with E-state index in [2.05, 4.69) is 89.2 Å². The van der Waals surface area contributed by atoms with Gasteiger partial charge in [-0.1, -0.05) is 43.2 Å². The van der Waals surface area contributed by atoms with Gasteiger partial charge < -0.3 is 14.0 Å². The fourth-order valence-electron chi connectivity index (χ4n) is 5.41. The van der Waals surface area contributed by atoms with E-state index in [0.717, 1.165) is 31.2 Å². The van der Waals surface area contributed by atoms with Gasteiger partial charge >= 0.3 is 0 Å². The smallest absolute Gasteiger partial charge is 0.119 e. The molecule has 1 fully saturated rings. The lowest BCUT2D eigenvalue weighted by molar-refractivity contribution is 0.214. The number of hydrogen-bond acceptors (Lipinski definition) is 3. The highest BCUT2D eigenvalue weighted by atomic mass is 16.5. The summed E-state index contributed by atoms with van der Waals surface area (Å²) in [7, 11) is 0. The van der Waals surface area contributed by atoms with Crippen LogP contribution in [0.3, 0.4) is 0 Å². The number of ether oxygens (including phenoxy) is 2. The number of benzene rings is 3. The van der Waals surface area contributed by atoms with Crippen molar-refractivity contribution in [2.24, 2.45) is 0 Å². The van der Waals surface area contributed by atoms with E-state index in [4.69, 9.17) is 9.47 Å². The third-order valence-corrected chi connectivity index (χ3v) is 7.30. The Morgan fingerprint density at radius 2 is 1.42 bits per heavy atom. The number of nitrogens with zero attached hydrogens (tertiary/aromatic N) is 2. The van der Waals surface area contributed by atoms with E-state index in [1.807, 2.05) is 6.92 Å². The van der Waals surface area contributed by atoms with Crippen molar-refractivity contribution in [3.05, 3.63) is 83.9 Å². The molecule has 3 aromatic carbocycles. The Kier molecular flexibility index (Phi) is 7.92. The van der Waals surface area contributed by atoms with Gasteiger partial charge in [-0.05, 0) is 98.9 Å². The molecule has 4 heteroatoms. The van der Waals surface area contributed by atoms with Crippen molar-refractivity contribution in [3.8, 4) is 22.8 Å². The molecular weight excluding hydrogens is 444 g/mol. The number of para-hydroxylation sites is 1. The highest BCUT2D eigenvalue weighted by Gasteiger charge is 2.16. The van der Waals surface area contributed by atoms with Crippen molar-refractivity contribution in [3.63, 3.8) is 0 Å². The molecule has 0 amide bonds. The van der Waals surface area contributed by atoms with Crippen LogP contribution in [0.5, 0.6) is 11.5 Å². The van der Waals surface area contributed by atoms with Crippen LogP contribution in [0.15, 0.2) is 72.8 Å². The molecule has 0 N–H and O–H groups in total. The zero-order valence-corrected chi connectivity index (χ0v) is 21.7. The van der Waals surface area contributed by atoms with E-state index >= 15 is 0 Å². The summed E-state index contributed by atoms with van der Waals surface area (Å²) in [6, 6.07) is 25.8. The molecule has 0 bridgehead atoms. The Morgan fingerprint density at radius 3 is 2.14 bits per heavy atom. The highest BCUT2D eigenvalue weighted by Crippen LogP contribution is 2.35. The minimum absolute atomic E-state index is 0.677. The highest BCUT2D eigenvalue weighted by molar-refractivity contribution is 5.91. The quantitative estimate of drug-likeness (QED) is 0.250. The largest absolute Gasteiger partial charge is 0.494 e. The molecule has 188 valence electrons. The monoisotopic (exact) mass is 482 g/mol. The Morgan fingerprint density at radius 1 is 0.750 bits per heavy atom. The third kappa shape index (κ3) is 5.60. The standard InChI is InChI=1S/C32H38N2O2/c1-3-35-28-18-14-27(15-19-28)32-25(2)30-10-6-7-11-31(30)34(32)24-26-12-16-29(17-13-26)36-23-22-33-20-8-4-5-9-21-33/h6-7,10-19H,3-5,8-9,20-24H2,1-2H3. The zero-order valence-electron chi connectivity index (χ0n) is 21.7. The maximum atomic E-state index is 6.09. The van der Waals surface area contributed by atoms with Gasteiger partial charge in [-0.2, -0.15) is 0 Å². The number of aromatic nitrogens is 1. The summed E-state index contributed by atoms with van der Waals surface area (Å²) in [5.41, 5.74) is 6.31. The molecule has 36 heavy (non-hydrogen) atoms. The van der Waals surface area contributed by atoms with Crippen molar-refractivity contribution in [1.29, 1.82) is 0 Å². The molecule has 1 aliphatic heterocycles. The van der Waals surface area contributed by atoms with E-state index in [1.165, 1.54) is 72.1 Å². The van der Waals surface area contributed by atoms with Crippen LogP contribution >= 0.6 is 0 Å². The first-order valence-electron chi connectivity index (χ1n) is 13.5. The van der Waals surface area contributed by atoms with Crippen LogP contribution in [0.25, 0.3) is 22.2 Å². The van der Waals surface area contributed by atoms with Crippen LogP contribution < -0.4 is 9.47 Å². The van der Waals surface area contributed by atoms with Crippen molar-refractivity contribution in [2.45, 2.75) is 46.1 Å². The Labute approximate surface area is 215 Å². The van der Waals surface area contributed by atoms with Gasteiger partial charge in [-0.25, -0.2) is 0 Å². The molecule has 4 nitrogen and oxygen atoms in total. The molecule has 1 saturated heterocycles. The van der Waals surface area contributed by atoms with E-state index in [1.54, 1.807) is 0 Å². The normalized spacial score (nSPS) is 14.6. The van der Waals surface area contributed by atoms with Gasteiger partial charge in [0.15, 0.2) is 0 Å². The average molecular weight is 483 g/mol. The second-order valence-corrected chi connectivity index (χ2v) is 9.78. The summed E-state index contributed by atoms with van der Waals surface area (Å²) in [6.45, 7) is 9.92. The molecule has 1 aliphatic rings. The first-order valence-corrected chi connectivity index (χ1v) is 13.5. The zero-order chi connectivity index (χ0) is 24.7. The first kappa shape index (κ1) is 24.5. The molecular formula is C32H38N2O2. The predicted octanol–water partition coefficient (Wildman–Crippen LogP) is 7.32. The summed E-state index contributed by atoms with van der Waals surface area (Å²) in [5.74, 6) is 1.86. The minimum Gasteiger partial charge on any atom is -0.494 e. The average Bonchev–Trinajstić information content (AvgIpc) is 3.05. The summed E-state index contributed by atoms with van der Waals surface area (Å²) in [5, 5.41) is 1.30. The summed E-state index contributed by atoms with van der Waals surface area (Å²) < 4.78 is 14.2. The lowest BCUT2D eigenvalue weighted by Gasteiger charge is -2.19. The van der Waals surface area contributed by atoms with Crippen molar-refractivity contribution in [1.82, 2.24) is 9.47 Å². The van der Waals surface area contributed by atoms with Crippen molar-refractivity contribution in [2.75, 3.05) is 32.8 Å². The SMILES string of the molecule is CCOc1ccc(-c2c(C)c3ccccc3n2Cc2ccc(OCCN3CCCCCC3)cc2)cc1. The Hall–Kier alpha value is -3.24. The molecule has 0 unspecified atom stereocenters. The number of fused-ring (bicyclic) bond motifs is 1. The first-order chi connectivity index (χ1) is 17.7. The molecule has 5 rings (SSSR count). The molecule has 0 spiro atoms. The summed E-state index contributed by atoms with van der Waals surface area (Å²) in [6.07, 6.45) is 5.38. The van der Waals surface area contributed by atoms with E-state index in [9.17, 15) is 0 Å². The molecule has 0 radical (unpaired) electrons. The maximum absolute atomic E-state index is 6.09. The van der Waals surface area contributed by atoms with Crippen molar-refractivity contribution < 1.29 is 9.47 Å². The number of aryl methyl sites for hydroxylation is 1. The van der Waals surface area contributed by atoms with Gasteiger partial charge in [-0.15, -0.1) is 0 Å². The second kappa shape index (κ2) is 11.7. The van der Waals surface area contributed by atoms with Gasteiger partial charge in [0.05, 0.1) is 12.3 Å². The molecule has 0 atom stereocenters. The molecule has 2 heterocycles. The fourth-order valence-corrected chi connectivity index (χ4v) is 5.41. The second-order valence-electron chi connectivity index (χ2n) is 9.78. The topological polar surface area (TPSA) is 26.6 Å². The van der Waals surface area contributed by atoms with Crippen LogP contribution in [-0.2, 0) is 6.54 Å². The predicted molar refractivity (Wildman–Crippen MR) is 149 cm³/mol. The number of likely N-dealkylation sites (tertiary alicyclic amines) is 1.